The lowest BCUT2D eigenvalue weighted by molar-refractivity contribution is -0.143. The van der Waals surface area contributed by atoms with Gasteiger partial charge in [0.25, 0.3) is 0 Å². The number of carbonyl (C=O) groups is 8. The van der Waals surface area contributed by atoms with Crippen molar-refractivity contribution in [3.05, 3.63) is 0 Å². The van der Waals surface area contributed by atoms with Crippen LogP contribution in [0.5, 0.6) is 0 Å². The van der Waals surface area contributed by atoms with Crippen molar-refractivity contribution in [3.8, 4) is 0 Å². The second-order valence-corrected chi connectivity index (χ2v) is 9.35. The highest BCUT2D eigenvalue weighted by Gasteiger charge is 2.31. The maximum atomic E-state index is 12.6. The third-order valence-electron chi connectivity index (χ3n) is 5.59. The highest BCUT2D eigenvalue weighted by molar-refractivity contribution is 5.96. The third-order valence-corrected chi connectivity index (χ3v) is 5.59. The number of primary amides is 1. The number of amides is 6. The number of nitrogens with two attached hydrogens (primary N) is 3. The normalized spacial score (nSPS) is 15.0. The molecule has 0 rings (SSSR count). The molecule has 238 valence electrons. The van der Waals surface area contributed by atoms with Crippen LogP contribution in [-0.2, 0) is 38.4 Å². The van der Waals surface area contributed by atoms with Gasteiger partial charge in [0.05, 0.1) is 31.5 Å². The van der Waals surface area contributed by atoms with Gasteiger partial charge in [-0.3, -0.25) is 33.6 Å². The lowest BCUT2D eigenvalue weighted by atomic mass is 10.1. The molecule has 0 aliphatic rings. The molecular weight excluding hydrogens is 564 g/mol. The summed E-state index contributed by atoms with van der Waals surface area (Å²) in [5, 5.41) is 39.1. The Bertz CT molecular complexity index is 1010. The number of unbranched alkanes of at least 4 members (excludes halogenated alkanes) is 1. The summed E-state index contributed by atoms with van der Waals surface area (Å²) in [7, 11) is 0. The highest BCUT2D eigenvalue weighted by Crippen LogP contribution is 2.03. The zero-order valence-corrected chi connectivity index (χ0v) is 23.3. The first-order valence-corrected chi connectivity index (χ1v) is 12.8. The molecule has 6 atom stereocenters. The van der Waals surface area contributed by atoms with Crippen LogP contribution >= 0.6 is 0 Å². The maximum Gasteiger partial charge on any atom is 0.326 e. The minimum absolute atomic E-state index is 0.0496. The van der Waals surface area contributed by atoms with Crippen molar-refractivity contribution in [3.63, 3.8) is 0 Å². The van der Waals surface area contributed by atoms with Crippen LogP contribution in [0.15, 0.2) is 0 Å². The number of aliphatic hydroxyl groups is 1. The SMILES string of the molecule is CC(NC(=O)C(N)CC(N)=O)C(=O)NC(CC(=O)O)C(=O)NCC(=O)NC(C(=O)NC(CCCCN)C(=O)O)C(C)O. The Morgan fingerprint density at radius 1 is 0.762 bits per heavy atom. The fraction of sp³-hybridized carbons (Fsp3) is 0.652. The van der Waals surface area contributed by atoms with Crippen LogP contribution in [0.1, 0.15) is 46.0 Å². The molecule has 6 unspecified atom stereocenters. The smallest absolute Gasteiger partial charge is 0.326 e. The predicted octanol–water partition coefficient (Wildman–Crippen LogP) is -5.67. The molecule has 0 spiro atoms. The Kier molecular flexibility index (Phi) is 16.9. The number of aliphatic carboxylic acids is 2. The molecule has 0 aliphatic heterocycles. The van der Waals surface area contributed by atoms with E-state index in [4.69, 9.17) is 22.3 Å². The van der Waals surface area contributed by atoms with E-state index in [1.165, 1.54) is 6.92 Å². The van der Waals surface area contributed by atoms with Gasteiger partial charge in [-0.2, -0.15) is 0 Å². The van der Waals surface area contributed by atoms with Crippen molar-refractivity contribution in [2.24, 2.45) is 17.2 Å². The number of nitrogens with one attached hydrogen (secondary N) is 5. The van der Waals surface area contributed by atoms with E-state index in [1.807, 2.05) is 0 Å². The quantitative estimate of drug-likeness (QED) is 0.0578. The fourth-order valence-corrected chi connectivity index (χ4v) is 3.31. The Labute approximate surface area is 240 Å². The van der Waals surface area contributed by atoms with Crippen LogP contribution in [0, 0.1) is 0 Å². The summed E-state index contributed by atoms with van der Waals surface area (Å²) in [6.07, 6.45) is -1.94. The van der Waals surface area contributed by atoms with Crippen molar-refractivity contribution >= 4 is 47.4 Å². The van der Waals surface area contributed by atoms with Gasteiger partial charge in [0.15, 0.2) is 0 Å². The second kappa shape index (κ2) is 18.9. The van der Waals surface area contributed by atoms with Crippen molar-refractivity contribution in [1.29, 1.82) is 0 Å². The van der Waals surface area contributed by atoms with Crippen molar-refractivity contribution in [2.45, 2.75) is 82.3 Å². The molecule has 0 radical (unpaired) electrons. The number of hydrogen-bond acceptors (Lipinski definition) is 11. The summed E-state index contributed by atoms with van der Waals surface area (Å²) in [5.41, 5.74) is 15.8. The fourth-order valence-electron chi connectivity index (χ4n) is 3.31. The summed E-state index contributed by atoms with van der Waals surface area (Å²) in [6.45, 7) is 1.85. The lowest BCUT2D eigenvalue weighted by Gasteiger charge is -2.24. The minimum atomic E-state index is -1.71. The van der Waals surface area contributed by atoms with E-state index in [0.29, 0.717) is 19.4 Å². The number of aliphatic hydroxyl groups excluding tert-OH is 1. The molecule has 0 heterocycles. The van der Waals surface area contributed by atoms with Crippen molar-refractivity contribution in [1.82, 2.24) is 26.6 Å². The van der Waals surface area contributed by atoms with E-state index in [-0.39, 0.29) is 6.42 Å². The van der Waals surface area contributed by atoms with Crippen LogP contribution < -0.4 is 43.8 Å². The molecule has 0 fully saturated rings. The first kappa shape index (κ1) is 37.6. The highest BCUT2D eigenvalue weighted by atomic mass is 16.4. The molecule has 0 aromatic rings. The van der Waals surface area contributed by atoms with Gasteiger partial charge in [-0.25, -0.2) is 4.79 Å². The first-order valence-electron chi connectivity index (χ1n) is 12.8. The monoisotopic (exact) mass is 604 g/mol. The molecule has 0 aromatic heterocycles. The lowest BCUT2D eigenvalue weighted by Crippen LogP contribution is -2.58. The molecule has 0 saturated carbocycles. The van der Waals surface area contributed by atoms with Crippen LogP contribution in [0.25, 0.3) is 0 Å². The van der Waals surface area contributed by atoms with Gasteiger partial charge in [0, 0.05) is 0 Å². The molecule has 0 aromatic carbocycles. The number of rotatable bonds is 20. The van der Waals surface area contributed by atoms with E-state index in [1.54, 1.807) is 0 Å². The molecule has 6 amide bonds. The Hall–Kier alpha value is -4.36. The number of carboxylic acid groups (broad SMARTS) is 2. The second-order valence-electron chi connectivity index (χ2n) is 9.35. The average Bonchev–Trinajstić information content (AvgIpc) is 2.88. The molecule has 0 saturated heterocycles. The van der Waals surface area contributed by atoms with Crippen LogP contribution in [-0.4, -0.2) is 112 Å². The Morgan fingerprint density at radius 2 is 1.36 bits per heavy atom. The summed E-state index contributed by atoms with van der Waals surface area (Å²) in [5.74, 6) is -8.73. The molecule has 0 aliphatic carbocycles. The largest absolute Gasteiger partial charge is 0.481 e. The van der Waals surface area contributed by atoms with Crippen LogP contribution in [0.3, 0.4) is 0 Å². The molecule has 14 N–H and O–H groups in total. The van der Waals surface area contributed by atoms with E-state index < -0.39 is 103 Å². The molecule has 0 bridgehead atoms. The standard InChI is InChI=1S/C23H40N8O11/c1-10(28-20(38)12(25)7-15(26)33)19(37)30-14(8-17(35)36)21(39)27-9-16(34)31-18(11(2)32)22(40)29-13(23(41)42)5-3-4-6-24/h10-14,18,32H,3-9,24-25H2,1-2H3,(H2,26,33)(H,27,39)(H,28,38)(H,29,40)(H,30,37)(H,31,34)(H,35,36)(H,41,42). The van der Waals surface area contributed by atoms with Gasteiger partial charge in [-0.1, -0.05) is 0 Å². The maximum absolute atomic E-state index is 12.6. The third kappa shape index (κ3) is 14.9. The number of hydrogen-bond donors (Lipinski definition) is 11. The van der Waals surface area contributed by atoms with Gasteiger partial charge in [0.1, 0.15) is 24.2 Å². The van der Waals surface area contributed by atoms with Crippen molar-refractivity contribution < 1.29 is 53.7 Å². The zero-order chi connectivity index (χ0) is 32.6. The van der Waals surface area contributed by atoms with E-state index in [9.17, 15) is 48.6 Å². The Morgan fingerprint density at radius 3 is 1.86 bits per heavy atom. The summed E-state index contributed by atoms with van der Waals surface area (Å²) in [6, 6.07) is -7.30. The molecule has 19 nitrogen and oxygen atoms in total. The zero-order valence-electron chi connectivity index (χ0n) is 23.3. The van der Waals surface area contributed by atoms with E-state index in [0.717, 1.165) is 6.92 Å². The minimum Gasteiger partial charge on any atom is -0.481 e. The number of carboxylic acids is 2. The van der Waals surface area contributed by atoms with Crippen LogP contribution in [0.4, 0.5) is 0 Å². The average molecular weight is 605 g/mol. The first-order chi connectivity index (χ1) is 19.5. The topological polar surface area (TPSA) is 335 Å². The molecule has 42 heavy (non-hydrogen) atoms. The van der Waals surface area contributed by atoms with Gasteiger partial charge in [-0.05, 0) is 39.7 Å². The Balaban J connectivity index is 5.21. The van der Waals surface area contributed by atoms with Gasteiger partial charge in [0.2, 0.25) is 35.4 Å². The van der Waals surface area contributed by atoms with Gasteiger partial charge in [-0.15, -0.1) is 0 Å². The van der Waals surface area contributed by atoms with Gasteiger partial charge < -0.3 is 59.1 Å². The number of carbonyl (C=O) groups excluding carboxylic acids is 6. The van der Waals surface area contributed by atoms with Gasteiger partial charge >= 0.3 is 11.9 Å². The summed E-state index contributed by atoms with van der Waals surface area (Å²) in [4.78, 5) is 95.5. The summed E-state index contributed by atoms with van der Waals surface area (Å²) >= 11 is 0. The van der Waals surface area contributed by atoms with Crippen LogP contribution in [0.2, 0.25) is 0 Å². The van der Waals surface area contributed by atoms with E-state index in [2.05, 4.69) is 26.6 Å². The van der Waals surface area contributed by atoms with Crippen molar-refractivity contribution in [2.75, 3.05) is 13.1 Å². The molecular formula is C23H40N8O11. The summed E-state index contributed by atoms with van der Waals surface area (Å²) < 4.78 is 0. The van der Waals surface area contributed by atoms with E-state index >= 15 is 0 Å². The predicted molar refractivity (Wildman–Crippen MR) is 143 cm³/mol. The molecule has 19 heteroatoms.